The van der Waals surface area contributed by atoms with E-state index in [9.17, 15) is 9.59 Å². The first-order valence-corrected chi connectivity index (χ1v) is 5.74. The average molecular weight is 261 g/mol. The number of carboxylic acids is 1. The van der Waals surface area contributed by atoms with Gasteiger partial charge in [0.05, 0.1) is 11.3 Å². The Morgan fingerprint density at radius 2 is 2.05 bits per heavy atom. The van der Waals surface area contributed by atoms with Crippen LogP contribution >= 0.6 is 0 Å². The second kappa shape index (κ2) is 6.40. The first-order chi connectivity index (χ1) is 8.95. The highest BCUT2D eigenvalue weighted by Crippen LogP contribution is 2.14. The zero-order valence-corrected chi connectivity index (χ0v) is 10.8. The van der Waals surface area contributed by atoms with Gasteiger partial charge in [-0.2, -0.15) is 5.26 Å². The van der Waals surface area contributed by atoms with E-state index in [1.165, 1.54) is 4.90 Å². The third-order valence-corrected chi connectivity index (χ3v) is 2.48. The molecule has 1 rings (SSSR count). The lowest BCUT2D eigenvalue weighted by atomic mass is 10.2. The quantitative estimate of drug-likeness (QED) is 0.865. The van der Waals surface area contributed by atoms with Crippen molar-refractivity contribution in [1.29, 1.82) is 5.26 Å². The Balaban J connectivity index is 2.88. The number of carbonyl (C=O) groups excluding carboxylic acids is 1. The van der Waals surface area contributed by atoms with E-state index >= 15 is 0 Å². The maximum atomic E-state index is 12.0. The van der Waals surface area contributed by atoms with E-state index < -0.39 is 18.5 Å². The second-order valence-electron chi connectivity index (χ2n) is 4.20. The van der Waals surface area contributed by atoms with Crippen molar-refractivity contribution in [2.45, 2.75) is 19.9 Å². The molecular weight excluding hydrogens is 246 g/mol. The van der Waals surface area contributed by atoms with Gasteiger partial charge in [-0.15, -0.1) is 0 Å². The summed E-state index contributed by atoms with van der Waals surface area (Å²) in [6, 6.07) is 7.70. The van der Waals surface area contributed by atoms with Crippen molar-refractivity contribution < 1.29 is 14.7 Å². The third kappa shape index (κ3) is 4.00. The minimum atomic E-state index is -1.09. The van der Waals surface area contributed by atoms with Crippen molar-refractivity contribution in [2.75, 3.05) is 11.9 Å². The highest BCUT2D eigenvalue weighted by atomic mass is 16.4. The fourth-order valence-corrected chi connectivity index (χ4v) is 1.51. The zero-order valence-electron chi connectivity index (χ0n) is 10.8. The van der Waals surface area contributed by atoms with Gasteiger partial charge in [0.1, 0.15) is 12.6 Å². The third-order valence-electron chi connectivity index (χ3n) is 2.48. The topological polar surface area (TPSA) is 93.4 Å². The lowest BCUT2D eigenvalue weighted by Crippen LogP contribution is -2.43. The number of benzene rings is 1. The molecule has 2 amide bonds. The van der Waals surface area contributed by atoms with E-state index in [1.807, 2.05) is 6.07 Å². The summed E-state index contributed by atoms with van der Waals surface area (Å²) >= 11 is 0. The van der Waals surface area contributed by atoms with E-state index in [1.54, 1.807) is 38.1 Å². The van der Waals surface area contributed by atoms with Crippen LogP contribution in [0.1, 0.15) is 19.4 Å². The first-order valence-electron chi connectivity index (χ1n) is 5.74. The van der Waals surface area contributed by atoms with Gasteiger partial charge < -0.3 is 15.3 Å². The van der Waals surface area contributed by atoms with Gasteiger partial charge in [0, 0.05) is 6.04 Å². The molecule has 0 saturated carbocycles. The van der Waals surface area contributed by atoms with Gasteiger partial charge in [-0.3, -0.25) is 4.79 Å². The Morgan fingerprint density at radius 1 is 1.42 bits per heavy atom. The number of amides is 2. The number of urea groups is 1. The van der Waals surface area contributed by atoms with Crippen LogP contribution in [-0.4, -0.2) is 34.6 Å². The smallest absolute Gasteiger partial charge is 0.323 e. The Kier molecular flexibility index (Phi) is 4.89. The van der Waals surface area contributed by atoms with Gasteiger partial charge in [-0.1, -0.05) is 12.1 Å². The molecule has 0 heterocycles. The maximum Gasteiger partial charge on any atom is 0.323 e. The van der Waals surface area contributed by atoms with Crippen LogP contribution in [0, 0.1) is 11.3 Å². The molecule has 0 spiro atoms. The highest BCUT2D eigenvalue weighted by Gasteiger charge is 2.20. The Hall–Kier alpha value is -2.55. The number of hydrogen-bond donors (Lipinski definition) is 2. The normalized spacial score (nSPS) is 9.79. The fourth-order valence-electron chi connectivity index (χ4n) is 1.51. The van der Waals surface area contributed by atoms with Crippen LogP contribution < -0.4 is 5.32 Å². The molecule has 19 heavy (non-hydrogen) atoms. The summed E-state index contributed by atoms with van der Waals surface area (Å²) in [6.45, 7) is 3.05. The monoisotopic (exact) mass is 261 g/mol. The van der Waals surface area contributed by atoms with Crippen molar-refractivity contribution in [2.24, 2.45) is 0 Å². The standard InChI is InChI=1S/C13H15N3O3/c1-9(2)16(8-12(17)18)13(19)15-11-6-4-3-5-10(11)7-14/h3-6,9H,8H2,1-2H3,(H,15,19)(H,17,18). The van der Waals surface area contributed by atoms with Crippen molar-refractivity contribution in [3.05, 3.63) is 29.8 Å². The maximum absolute atomic E-state index is 12.0. The molecule has 0 aliphatic carbocycles. The summed E-state index contributed by atoms with van der Waals surface area (Å²) in [5.41, 5.74) is 0.695. The lowest BCUT2D eigenvalue weighted by molar-refractivity contribution is -0.137. The number of para-hydroxylation sites is 1. The number of rotatable bonds is 4. The molecule has 0 fully saturated rings. The number of nitrogens with zero attached hydrogens (tertiary/aromatic N) is 2. The number of carboxylic acid groups (broad SMARTS) is 1. The van der Waals surface area contributed by atoms with Crippen LogP contribution in [0.25, 0.3) is 0 Å². The molecule has 2 N–H and O–H groups in total. The summed E-state index contributed by atoms with van der Waals surface area (Å²) in [4.78, 5) is 23.9. The molecule has 100 valence electrons. The van der Waals surface area contributed by atoms with Crippen LogP contribution in [0.15, 0.2) is 24.3 Å². The number of hydrogen-bond acceptors (Lipinski definition) is 3. The fraction of sp³-hybridized carbons (Fsp3) is 0.308. The van der Waals surface area contributed by atoms with E-state index in [4.69, 9.17) is 10.4 Å². The predicted octanol–water partition coefficient (Wildman–Crippen LogP) is 1.89. The second-order valence-corrected chi connectivity index (χ2v) is 4.20. The van der Waals surface area contributed by atoms with E-state index in [-0.39, 0.29) is 6.04 Å². The predicted molar refractivity (Wildman–Crippen MR) is 69.7 cm³/mol. The molecule has 1 aromatic carbocycles. The van der Waals surface area contributed by atoms with E-state index in [0.717, 1.165) is 0 Å². The number of carbonyl (C=O) groups is 2. The van der Waals surface area contributed by atoms with Crippen LogP contribution in [0.5, 0.6) is 0 Å². The number of nitrogens with one attached hydrogen (secondary N) is 1. The Labute approximate surface area is 111 Å². The molecule has 0 radical (unpaired) electrons. The minimum Gasteiger partial charge on any atom is -0.480 e. The van der Waals surface area contributed by atoms with E-state index in [0.29, 0.717) is 11.3 Å². The zero-order chi connectivity index (χ0) is 14.4. The summed E-state index contributed by atoms with van der Waals surface area (Å²) in [5.74, 6) is -1.09. The molecule has 0 saturated heterocycles. The van der Waals surface area contributed by atoms with Crippen LogP contribution in [0.2, 0.25) is 0 Å². The molecule has 0 unspecified atom stereocenters. The van der Waals surface area contributed by atoms with Crippen molar-refractivity contribution in [3.8, 4) is 6.07 Å². The molecule has 0 bridgehead atoms. The van der Waals surface area contributed by atoms with Crippen LogP contribution in [-0.2, 0) is 4.79 Å². The van der Waals surface area contributed by atoms with Gasteiger partial charge in [0.15, 0.2) is 0 Å². The SMILES string of the molecule is CC(C)N(CC(=O)O)C(=O)Nc1ccccc1C#N. The Morgan fingerprint density at radius 3 is 2.58 bits per heavy atom. The Bertz CT molecular complexity index is 520. The largest absolute Gasteiger partial charge is 0.480 e. The van der Waals surface area contributed by atoms with Gasteiger partial charge in [-0.25, -0.2) is 4.79 Å². The molecule has 0 aromatic heterocycles. The summed E-state index contributed by atoms with van der Waals surface area (Å²) in [7, 11) is 0. The van der Waals surface area contributed by atoms with Gasteiger partial charge in [0.2, 0.25) is 0 Å². The highest BCUT2D eigenvalue weighted by molar-refractivity contribution is 5.92. The summed E-state index contributed by atoms with van der Waals surface area (Å²) in [6.07, 6.45) is 0. The van der Waals surface area contributed by atoms with Crippen LogP contribution in [0.3, 0.4) is 0 Å². The molecule has 0 aliphatic heterocycles. The summed E-state index contributed by atoms with van der Waals surface area (Å²) < 4.78 is 0. The van der Waals surface area contributed by atoms with Crippen molar-refractivity contribution in [1.82, 2.24) is 4.90 Å². The van der Waals surface area contributed by atoms with Crippen LogP contribution in [0.4, 0.5) is 10.5 Å². The minimum absolute atomic E-state index is 0.259. The van der Waals surface area contributed by atoms with E-state index in [2.05, 4.69) is 5.32 Å². The molecule has 6 heteroatoms. The van der Waals surface area contributed by atoms with Crippen molar-refractivity contribution >= 4 is 17.7 Å². The van der Waals surface area contributed by atoms with Gasteiger partial charge in [-0.05, 0) is 26.0 Å². The molecule has 0 atom stereocenters. The molecule has 0 aliphatic rings. The molecule has 1 aromatic rings. The van der Waals surface area contributed by atoms with Gasteiger partial charge in [0.25, 0.3) is 0 Å². The number of aliphatic carboxylic acids is 1. The number of anilines is 1. The molecular formula is C13H15N3O3. The molecule has 6 nitrogen and oxygen atoms in total. The van der Waals surface area contributed by atoms with Crippen molar-refractivity contribution in [3.63, 3.8) is 0 Å². The average Bonchev–Trinajstić information content (AvgIpc) is 2.36. The first kappa shape index (κ1) is 14.5. The lowest BCUT2D eigenvalue weighted by Gasteiger charge is -2.25. The van der Waals surface area contributed by atoms with Gasteiger partial charge >= 0.3 is 12.0 Å². The summed E-state index contributed by atoms with van der Waals surface area (Å²) in [5, 5.41) is 20.2. The number of nitriles is 1.